The molecule has 0 radical (unpaired) electrons. The zero-order chi connectivity index (χ0) is 10.6. The monoisotopic (exact) mass is 207 g/mol. The minimum Gasteiger partial charge on any atom is -0.321 e. The maximum atomic E-state index is 11.5. The summed E-state index contributed by atoms with van der Waals surface area (Å²) < 4.78 is 28.1. The molecular formula is C6H7F2N3O3. The lowest BCUT2D eigenvalue weighted by molar-refractivity contribution is -0.385. The highest BCUT2D eigenvalue weighted by molar-refractivity contribution is 5.20. The molecule has 0 amide bonds. The summed E-state index contributed by atoms with van der Waals surface area (Å²) in [6.45, 7) is -3.02. The molecule has 1 aromatic rings. The summed E-state index contributed by atoms with van der Waals surface area (Å²) in [5.74, 6) is 0. The number of aromatic nitrogens is 2. The van der Waals surface area contributed by atoms with Crippen molar-refractivity contribution in [3.05, 3.63) is 22.5 Å². The van der Waals surface area contributed by atoms with E-state index in [1.54, 1.807) is 0 Å². The molecule has 0 saturated carbocycles. The maximum absolute atomic E-state index is 11.5. The molecule has 0 spiro atoms. The highest BCUT2D eigenvalue weighted by atomic mass is 19.3. The van der Waals surface area contributed by atoms with E-state index in [0.29, 0.717) is 0 Å². The van der Waals surface area contributed by atoms with Crippen LogP contribution in [-0.2, 0) is 11.3 Å². The molecule has 1 aromatic heterocycles. The Labute approximate surface area is 77.2 Å². The lowest BCUT2D eigenvalue weighted by Crippen LogP contribution is -2.09. The molecule has 0 fully saturated rings. The largest absolute Gasteiger partial charge is 0.345 e. The fraction of sp³-hybridized carbons (Fsp3) is 0.500. The van der Waals surface area contributed by atoms with Crippen LogP contribution in [0.1, 0.15) is 0 Å². The van der Waals surface area contributed by atoms with E-state index in [9.17, 15) is 18.9 Å². The number of alkyl halides is 2. The van der Waals surface area contributed by atoms with Gasteiger partial charge in [-0.2, -0.15) is 13.9 Å². The number of nitro groups is 1. The van der Waals surface area contributed by atoms with Crippen molar-refractivity contribution in [2.24, 2.45) is 0 Å². The average molecular weight is 207 g/mol. The van der Waals surface area contributed by atoms with Crippen molar-refractivity contribution in [2.45, 2.75) is 13.2 Å². The Bertz CT molecular complexity index is 315. The third kappa shape index (κ3) is 3.05. The SMILES string of the molecule is O=[N+]([O-])c1cnn(CCOC(F)F)c1. The number of hydrogen-bond donors (Lipinski definition) is 0. The minimum atomic E-state index is -2.83. The Kier molecular flexibility index (Phi) is 3.46. The van der Waals surface area contributed by atoms with Gasteiger partial charge in [-0.1, -0.05) is 0 Å². The number of ether oxygens (including phenoxy) is 1. The van der Waals surface area contributed by atoms with Crippen LogP contribution in [0.5, 0.6) is 0 Å². The summed E-state index contributed by atoms with van der Waals surface area (Å²) >= 11 is 0. The molecule has 0 N–H and O–H groups in total. The fourth-order valence-electron chi connectivity index (χ4n) is 0.805. The van der Waals surface area contributed by atoms with E-state index in [-0.39, 0.29) is 18.8 Å². The van der Waals surface area contributed by atoms with Crippen LogP contribution in [0.3, 0.4) is 0 Å². The predicted molar refractivity (Wildman–Crippen MR) is 40.8 cm³/mol. The van der Waals surface area contributed by atoms with Crippen LogP contribution in [-0.4, -0.2) is 27.9 Å². The van der Waals surface area contributed by atoms with E-state index in [1.165, 1.54) is 4.68 Å². The van der Waals surface area contributed by atoms with Gasteiger partial charge in [-0.25, -0.2) is 0 Å². The normalized spacial score (nSPS) is 10.8. The first-order valence-electron chi connectivity index (χ1n) is 3.66. The van der Waals surface area contributed by atoms with Crippen molar-refractivity contribution >= 4 is 5.69 Å². The summed E-state index contributed by atoms with van der Waals surface area (Å²) in [5, 5.41) is 13.8. The summed E-state index contributed by atoms with van der Waals surface area (Å²) in [4.78, 5) is 9.58. The van der Waals surface area contributed by atoms with E-state index in [2.05, 4.69) is 9.84 Å². The zero-order valence-corrected chi connectivity index (χ0v) is 6.97. The lowest BCUT2D eigenvalue weighted by atomic mass is 10.6. The quantitative estimate of drug-likeness (QED) is 0.534. The summed E-state index contributed by atoms with van der Waals surface area (Å²) in [6, 6.07) is 0. The van der Waals surface area contributed by atoms with Gasteiger partial charge in [-0.05, 0) is 0 Å². The fourth-order valence-corrected chi connectivity index (χ4v) is 0.805. The van der Waals surface area contributed by atoms with Gasteiger partial charge in [-0.15, -0.1) is 0 Å². The van der Waals surface area contributed by atoms with Gasteiger partial charge >= 0.3 is 12.3 Å². The molecule has 0 atom stereocenters. The van der Waals surface area contributed by atoms with E-state index in [0.717, 1.165) is 12.4 Å². The highest BCUT2D eigenvalue weighted by Crippen LogP contribution is 2.07. The van der Waals surface area contributed by atoms with Crippen molar-refractivity contribution < 1.29 is 18.4 Å². The van der Waals surface area contributed by atoms with Crippen molar-refractivity contribution in [3.8, 4) is 0 Å². The van der Waals surface area contributed by atoms with Gasteiger partial charge in [0.1, 0.15) is 12.4 Å². The third-order valence-electron chi connectivity index (χ3n) is 1.39. The summed E-state index contributed by atoms with van der Waals surface area (Å²) in [5.41, 5.74) is -0.179. The highest BCUT2D eigenvalue weighted by Gasteiger charge is 2.08. The van der Waals surface area contributed by atoms with Crippen LogP contribution in [0.4, 0.5) is 14.5 Å². The third-order valence-corrected chi connectivity index (χ3v) is 1.39. The topological polar surface area (TPSA) is 70.2 Å². The Morgan fingerprint density at radius 1 is 1.71 bits per heavy atom. The second kappa shape index (κ2) is 4.61. The van der Waals surface area contributed by atoms with E-state index < -0.39 is 11.5 Å². The molecule has 0 saturated heterocycles. The molecule has 0 aliphatic rings. The first kappa shape index (κ1) is 10.5. The first-order chi connectivity index (χ1) is 6.59. The Morgan fingerprint density at radius 3 is 2.93 bits per heavy atom. The van der Waals surface area contributed by atoms with E-state index >= 15 is 0 Å². The number of hydrogen-bond acceptors (Lipinski definition) is 4. The standard InChI is InChI=1S/C6H7F2N3O3/c7-6(8)14-2-1-10-4-5(3-9-10)11(12)13/h3-4,6H,1-2H2. The van der Waals surface area contributed by atoms with Crippen LogP contribution in [0.15, 0.2) is 12.4 Å². The van der Waals surface area contributed by atoms with Crippen molar-refractivity contribution in [3.63, 3.8) is 0 Å². The van der Waals surface area contributed by atoms with Crippen LogP contribution < -0.4 is 0 Å². The molecule has 1 heterocycles. The van der Waals surface area contributed by atoms with Gasteiger partial charge in [-0.3, -0.25) is 14.8 Å². The van der Waals surface area contributed by atoms with Crippen LogP contribution >= 0.6 is 0 Å². The lowest BCUT2D eigenvalue weighted by Gasteiger charge is -2.01. The zero-order valence-electron chi connectivity index (χ0n) is 6.97. The Morgan fingerprint density at radius 2 is 2.43 bits per heavy atom. The molecule has 0 aromatic carbocycles. The second-order valence-corrected chi connectivity index (χ2v) is 2.35. The Balaban J connectivity index is 2.40. The maximum Gasteiger partial charge on any atom is 0.345 e. The average Bonchev–Trinajstić information content (AvgIpc) is 2.52. The molecule has 8 heteroatoms. The van der Waals surface area contributed by atoms with Gasteiger partial charge in [0.15, 0.2) is 0 Å². The van der Waals surface area contributed by atoms with Gasteiger partial charge < -0.3 is 4.74 Å². The Hall–Kier alpha value is -1.57. The van der Waals surface area contributed by atoms with Crippen LogP contribution in [0.25, 0.3) is 0 Å². The van der Waals surface area contributed by atoms with Crippen molar-refractivity contribution in [1.82, 2.24) is 9.78 Å². The molecule has 0 aliphatic carbocycles. The van der Waals surface area contributed by atoms with Gasteiger partial charge in [0.05, 0.1) is 18.1 Å². The smallest absolute Gasteiger partial charge is 0.321 e. The van der Waals surface area contributed by atoms with Gasteiger partial charge in [0.25, 0.3) is 0 Å². The number of halogens is 2. The minimum absolute atomic E-state index is 0.0537. The molecule has 0 bridgehead atoms. The molecular weight excluding hydrogens is 200 g/mol. The molecule has 0 unspecified atom stereocenters. The van der Waals surface area contributed by atoms with Crippen LogP contribution in [0.2, 0.25) is 0 Å². The number of rotatable bonds is 5. The molecule has 6 nitrogen and oxygen atoms in total. The van der Waals surface area contributed by atoms with Gasteiger partial charge in [0.2, 0.25) is 0 Å². The predicted octanol–water partition coefficient (Wildman–Crippen LogP) is 1.03. The molecule has 14 heavy (non-hydrogen) atoms. The summed E-state index contributed by atoms with van der Waals surface area (Å²) in [6.07, 6.45) is 2.19. The summed E-state index contributed by atoms with van der Waals surface area (Å²) in [7, 11) is 0. The molecule has 78 valence electrons. The van der Waals surface area contributed by atoms with E-state index in [4.69, 9.17) is 0 Å². The van der Waals surface area contributed by atoms with Crippen molar-refractivity contribution in [2.75, 3.05) is 6.61 Å². The first-order valence-corrected chi connectivity index (χ1v) is 3.66. The number of nitrogens with zero attached hydrogens (tertiary/aromatic N) is 3. The molecule has 0 aliphatic heterocycles. The van der Waals surface area contributed by atoms with Gasteiger partial charge in [0, 0.05) is 0 Å². The second-order valence-electron chi connectivity index (χ2n) is 2.35. The molecule has 1 rings (SSSR count). The van der Waals surface area contributed by atoms with E-state index in [1.807, 2.05) is 0 Å². The van der Waals surface area contributed by atoms with Crippen LogP contribution in [0, 0.1) is 10.1 Å². The van der Waals surface area contributed by atoms with Crippen molar-refractivity contribution in [1.29, 1.82) is 0 Å².